The number of hydrogen-bond acceptors (Lipinski definition) is 3. The molecule has 6 heteroatoms. The lowest BCUT2D eigenvalue weighted by Crippen LogP contribution is -2.31. The lowest BCUT2D eigenvalue weighted by molar-refractivity contribution is 0.302. The van der Waals surface area contributed by atoms with Crippen molar-refractivity contribution in [2.24, 2.45) is 0 Å². The number of benzene rings is 2. The summed E-state index contributed by atoms with van der Waals surface area (Å²) in [6.45, 7) is 10.2. The molecule has 26 heavy (non-hydrogen) atoms. The van der Waals surface area contributed by atoms with E-state index < -0.39 is 0 Å². The van der Waals surface area contributed by atoms with Crippen LogP contribution in [0.3, 0.4) is 0 Å². The minimum absolute atomic E-state index is 0. The highest BCUT2D eigenvalue weighted by atomic mass is 35.5. The molecule has 2 aromatic carbocycles. The average Bonchev–Trinajstić information content (AvgIpc) is 2.62. The van der Waals surface area contributed by atoms with Crippen LogP contribution in [0.25, 0.3) is 0 Å². The standard InChI is InChI=1S/C20H27ClN2O.2ClH/c1-3-23(4-2)14-13-22-15-17-7-11-20(12-8-17)24-16-18-5-9-19(21)10-6-18;;/h5-12,22H,3-4,13-16H2,1-2H3;2*1H. The van der Waals surface area contributed by atoms with Crippen molar-refractivity contribution in [3.05, 3.63) is 64.7 Å². The van der Waals surface area contributed by atoms with Gasteiger partial charge in [0.25, 0.3) is 0 Å². The second kappa shape index (κ2) is 14.1. The first-order valence-electron chi connectivity index (χ1n) is 8.60. The minimum Gasteiger partial charge on any atom is -0.489 e. The average molecular weight is 420 g/mol. The summed E-state index contributed by atoms with van der Waals surface area (Å²) in [5.41, 5.74) is 2.38. The molecule has 0 aliphatic rings. The number of likely N-dealkylation sites (N-methyl/N-ethyl adjacent to an activating group) is 1. The first-order chi connectivity index (χ1) is 11.7. The molecule has 0 radical (unpaired) electrons. The third-order valence-electron chi connectivity index (χ3n) is 4.07. The first kappa shape index (κ1) is 25.0. The van der Waals surface area contributed by atoms with Crippen LogP contribution in [0.2, 0.25) is 5.02 Å². The van der Waals surface area contributed by atoms with Crippen LogP contribution in [0.4, 0.5) is 0 Å². The van der Waals surface area contributed by atoms with Gasteiger partial charge in [0.1, 0.15) is 12.4 Å². The minimum atomic E-state index is 0. The Morgan fingerprint density at radius 3 is 2.04 bits per heavy atom. The Bertz CT molecular complexity index is 587. The highest BCUT2D eigenvalue weighted by molar-refractivity contribution is 6.30. The summed E-state index contributed by atoms with van der Waals surface area (Å²) in [5.74, 6) is 0.886. The van der Waals surface area contributed by atoms with Gasteiger partial charge in [0.05, 0.1) is 0 Å². The van der Waals surface area contributed by atoms with Crippen molar-refractivity contribution in [2.75, 3.05) is 26.2 Å². The van der Waals surface area contributed by atoms with E-state index in [9.17, 15) is 0 Å². The van der Waals surface area contributed by atoms with Gasteiger partial charge in [0.2, 0.25) is 0 Å². The van der Waals surface area contributed by atoms with Gasteiger partial charge in [-0.3, -0.25) is 0 Å². The number of rotatable bonds is 10. The number of nitrogens with one attached hydrogen (secondary N) is 1. The van der Waals surface area contributed by atoms with Crippen LogP contribution in [0.1, 0.15) is 25.0 Å². The van der Waals surface area contributed by atoms with Crippen LogP contribution in [-0.2, 0) is 13.2 Å². The molecule has 0 amide bonds. The maximum Gasteiger partial charge on any atom is 0.119 e. The molecule has 0 saturated heterocycles. The van der Waals surface area contributed by atoms with Crippen molar-refractivity contribution in [1.29, 1.82) is 0 Å². The SMILES string of the molecule is CCN(CC)CCNCc1ccc(OCc2ccc(Cl)cc2)cc1.Cl.Cl. The molecule has 0 unspecified atom stereocenters. The monoisotopic (exact) mass is 418 g/mol. The first-order valence-corrected chi connectivity index (χ1v) is 8.98. The van der Waals surface area contributed by atoms with Gasteiger partial charge < -0.3 is 15.0 Å². The fraction of sp³-hybridized carbons (Fsp3) is 0.400. The number of hydrogen-bond donors (Lipinski definition) is 1. The van der Waals surface area contributed by atoms with Gasteiger partial charge in [0, 0.05) is 24.7 Å². The van der Waals surface area contributed by atoms with Crippen molar-refractivity contribution in [3.8, 4) is 5.75 Å². The van der Waals surface area contributed by atoms with Crippen LogP contribution in [0.5, 0.6) is 5.75 Å². The molecule has 0 spiro atoms. The third kappa shape index (κ3) is 9.11. The second-order valence-electron chi connectivity index (χ2n) is 5.76. The van der Waals surface area contributed by atoms with E-state index in [0.717, 1.165) is 49.1 Å². The molecule has 2 aromatic rings. The lowest BCUT2D eigenvalue weighted by atomic mass is 10.2. The van der Waals surface area contributed by atoms with Gasteiger partial charge >= 0.3 is 0 Å². The highest BCUT2D eigenvalue weighted by Gasteiger charge is 2.00. The zero-order chi connectivity index (χ0) is 17.2. The van der Waals surface area contributed by atoms with Gasteiger partial charge in [-0.2, -0.15) is 0 Å². The van der Waals surface area contributed by atoms with Crippen LogP contribution in [0, 0.1) is 0 Å². The Morgan fingerprint density at radius 2 is 1.46 bits per heavy atom. The summed E-state index contributed by atoms with van der Waals surface area (Å²) in [4.78, 5) is 2.42. The quantitative estimate of drug-likeness (QED) is 0.536. The molecule has 2 rings (SSSR count). The summed E-state index contributed by atoms with van der Waals surface area (Å²) in [5, 5.41) is 4.24. The smallest absolute Gasteiger partial charge is 0.119 e. The molecule has 0 bridgehead atoms. The number of nitrogens with zero attached hydrogens (tertiary/aromatic N) is 1. The molecule has 0 saturated carbocycles. The fourth-order valence-corrected chi connectivity index (χ4v) is 2.59. The van der Waals surface area contributed by atoms with Gasteiger partial charge in [-0.1, -0.05) is 49.7 Å². The summed E-state index contributed by atoms with van der Waals surface area (Å²) in [6, 6.07) is 16.0. The molecule has 1 N–H and O–H groups in total. The van der Waals surface area contributed by atoms with E-state index in [4.69, 9.17) is 16.3 Å². The zero-order valence-corrected chi connectivity index (χ0v) is 17.8. The zero-order valence-electron chi connectivity index (χ0n) is 15.4. The molecule has 3 nitrogen and oxygen atoms in total. The summed E-state index contributed by atoms with van der Waals surface area (Å²) < 4.78 is 5.80. The number of halogens is 3. The van der Waals surface area contributed by atoms with Crippen LogP contribution < -0.4 is 10.1 Å². The maximum atomic E-state index is 5.88. The van der Waals surface area contributed by atoms with Crippen LogP contribution in [0.15, 0.2) is 48.5 Å². The maximum absolute atomic E-state index is 5.88. The summed E-state index contributed by atoms with van der Waals surface area (Å²) in [6.07, 6.45) is 0. The van der Waals surface area contributed by atoms with Crippen molar-refractivity contribution in [3.63, 3.8) is 0 Å². The largest absolute Gasteiger partial charge is 0.489 e. The Balaban J connectivity index is 0.00000312. The van der Waals surface area contributed by atoms with Crippen LogP contribution in [-0.4, -0.2) is 31.1 Å². The van der Waals surface area contributed by atoms with Crippen molar-refractivity contribution >= 4 is 36.4 Å². The predicted octanol–water partition coefficient (Wildman–Crippen LogP) is 5.19. The van der Waals surface area contributed by atoms with E-state index in [1.807, 2.05) is 36.4 Å². The van der Waals surface area contributed by atoms with E-state index >= 15 is 0 Å². The van der Waals surface area contributed by atoms with E-state index in [1.165, 1.54) is 5.56 Å². The summed E-state index contributed by atoms with van der Waals surface area (Å²) >= 11 is 5.88. The molecule has 0 atom stereocenters. The molecular formula is C20H29Cl3N2O. The van der Waals surface area contributed by atoms with E-state index in [2.05, 4.69) is 36.2 Å². The Hall–Kier alpha value is -0.970. The molecule has 0 heterocycles. The molecule has 0 aliphatic heterocycles. The van der Waals surface area contributed by atoms with Gasteiger partial charge in [-0.05, 0) is 48.5 Å². The van der Waals surface area contributed by atoms with Gasteiger partial charge in [-0.15, -0.1) is 24.8 Å². The lowest BCUT2D eigenvalue weighted by Gasteiger charge is -2.18. The van der Waals surface area contributed by atoms with Crippen molar-refractivity contribution in [2.45, 2.75) is 27.0 Å². The second-order valence-corrected chi connectivity index (χ2v) is 6.20. The Kier molecular flexibility index (Phi) is 13.6. The van der Waals surface area contributed by atoms with E-state index in [-0.39, 0.29) is 24.8 Å². The van der Waals surface area contributed by atoms with Crippen LogP contribution >= 0.6 is 36.4 Å². The topological polar surface area (TPSA) is 24.5 Å². The molecule has 0 fully saturated rings. The normalized spacial score (nSPS) is 10.2. The summed E-state index contributed by atoms with van der Waals surface area (Å²) in [7, 11) is 0. The Morgan fingerprint density at radius 1 is 0.885 bits per heavy atom. The molecule has 146 valence electrons. The molecular weight excluding hydrogens is 391 g/mol. The van der Waals surface area contributed by atoms with E-state index in [0.29, 0.717) is 6.61 Å². The molecule has 0 aliphatic carbocycles. The Labute approximate surface area is 174 Å². The van der Waals surface area contributed by atoms with Gasteiger partial charge in [0.15, 0.2) is 0 Å². The van der Waals surface area contributed by atoms with Crippen molar-refractivity contribution < 1.29 is 4.74 Å². The van der Waals surface area contributed by atoms with Gasteiger partial charge in [-0.25, -0.2) is 0 Å². The highest BCUT2D eigenvalue weighted by Crippen LogP contribution is 2.15. The molecule has 0 aromatic heterocycles. The van der Waals surface area contributed by atoms with Crippen molar-refractivity contribution in [1.82, 2.24) is 10.2 Å². The predicted molar refractivity (Wildman–Crippen MR) is 116 cm³/mol. The third-order valence-corrected chi connectivity index (χ3v) is 4.32. The van der Waals surface area contributed by atoms with E-state index in [1.54, 1.807) is 0 Å². The number of ether oxygens (including phenoxy) is 1. The fourth-order valence-electron chi connectivity index (χ4n) is 2.46.